The first kappa shape index (κ1) is 21.8. The third kappa shape index (κ3) is 5.17. The van der Waals surface area contributed by atoms with Gasteiger partial charge < -0.3 is 19.5 Å². The number of aromatic nitrogens is 2. The van der Waals surface area contributed by atoms with Crippen molar-refractivity contribution in [2.75, 3.05) is 14.2 Å². The highest BCUT2D eigenvalue weighted by Gasteiger charge is 2.18. The van der Waals surface area contributed by atoms with E-state index < -0.39 is 0 Å². The summed E-state index contributed by atoms with van der Waals surface area (Å²) in [5, 5.41) is 8.08. The van der Waals surface area contributed by atoms with Gasteiger partial charge in [0.15, 0.2) is 6.73 Å². The largest absolute Gasteiger partial charge is 0.497 e. The minimum atomic E-state index is -0.323. The molecule has 2 aromatic carbocycles. The first-order valence-corrected chi connectivity index (χ1v) is 9.81. The second-order valence-electron chi connectivity index (χ2n) is 6.39. The van der Waals surface area contributed by atoms with Gasteiger partial charge in [0.25, 0.3) is 5.91 Å². The Hall–Kier alpha value is -2.90. The van der Waals surface area contributed by atoms with Crippen LogP contribution in [0.4, 0.5) is 0 Å². The van der Waals surface area contributed by atoms with Gasteiger partial charge in [0.1, 0.15) is 22.9 Å². The molecule has 30 heavy (non-hydrogen) atoms. The van der Waals surface area contributed by atoms with E-state index in [0.29, 0.717) is 27.3 Å². The van der Waals surface area contributed by atoms with Crippen LogP contribution in [0.25, 0.3) is 0 Å². The van der Waals surface area contributed by atoms with E-state index in [1.165, 1.54) is 4.68 Å². The number of methoxy groups -OCH3 is 2. The lowest BCUT2D eigenvalue weighted by atomic mass is 10.1. The smallest absolute Gasteiger partial charge is 0.272 e. The number of hydrogen-bond acceptors (Lipinski definition) is 5. The first-order valence-electron chi connectivity index (χ1n) is 9.05. The number of carbonyl (C=O) groups is 1. The zero-order chi connectivity index (χ0) is 21.7. The number of carbonyl (C=O) groups excluding carboxylic acids is 1. The highest BCUT2D eigenvalue weighted by molar-refractivity contribution is 6.35. The second kappa shape index (κ2) is 9.73. The van der Waals surface area contributed by atoms with Crippen molar-refractivity contribution in [3.05, 3.63) is 70.0 Å². The molecule has 1 atom stereocenters. The molecular weight excluding hydrogens is 429 g/mol. The van der Waals surface area contributed by atoms with Gasteiger partial charge in [-0.05, 0) is 49.4 Å². The van der Waals surface area contributed by atoms with Crippen LogP contribution in [0.5, 0.6) is 17.2 Å². The summed E-state index contributed by atoms with van der Waals surface area (Å²) >= 11 is 12.0. The van der Waals surface area contributed by atoms with Crippen molar-refractivity contribution in [2.24, 2.45) is 0 Å². The number of nitrogens with one attached hydrogen (secondary N) is 1. The average molecular weight is 450 g/mol. The number of nitrogens with zero attached hydrogens (tertiary/aromatic N) is 2. The van der Waals surface area contributed by atoms with E-state index in [0.717, 1.165) is 5.56 Å². The Bertz CT molecular complexity index is 1040. The maximum absolute atomic E-state index is 12.6. The highest BCUT2D eigenvalue weighted by Crippen LogP contribution is 2.29. The highest BCUT2D eigenvalue weighted by atomic mass is 35.5. The Balaban J connectivity index is 1.65. The number of halogens is 2. The van der Waals surface area contributed by atoms with Crippen molar-refractivity contribution in [1.29, 1.82) is 0 Å². The molecule has 0 aliphatic heterocycles. The molecule has 0 aliphatic carbocycles. The van der Waals surface area contributed by atoms with Gasteiger partial charge in [0, 0.05) is 16.8 Å². The molecule has 3 aromatic rings. The van der Waals surface area contributed by atoms with Gasteiger partial charge in [-0.3, -0.25) is 4.79 Å². The number of amides is 1. The predicted molar refractivity (Wildman–Crippen MR) is 115 cm³/mol. The van der Waals surface area contributed by atoms with E-state index in [9.17, 15) is 4.79 Å². The summed E-state index contributed by atoms with van der Waals surface area (Å²) < 4.78 is 17.8. The molecule has 3 rings (SSSR count). The van der Waals surface area contributed by atoms with Crippen LogP contribution >= 0.6 is 23.2 Å². The van der Waals surface area contributed by atoms with Crippen molar-refractivity contribution in [3.63, 3.8) is 0 Å². The molecule has 0 saturated carbocycles. The van der Waals surface area contributed by atoms with Crippen LogP contribution in [-0.2, 0) is 6.73 Å². The Morgan fingerprint density at radius 2 is 1.87 bits per heavy atom. The van der Waals surface area contributed by atoms with Crippen LogP contribution in [0.3, 0.4) is 0 Å². The molecule has 7 nitrogen and oxygen atoms in total. The monoisotopic (exact) mass is 449 g/mol. The molecule has 1 amide bonds. The van der Waals surface area contributed by atoms with E-state index in [2.05, 4.69) is 10.4 Å². The van der Waals surface area contributed by atoms with Crippen molar-refractivity contribution in [1.82, 2.24) is 15.1 Å². The van der Waals surface area contributed by atoms with Gasteiger partial charge in [-0.2, -0.15) is 5.10 Å². The summed E-state index contributed by atoms with van der Waals surface area (Å²) in [6.07, 6.45) is 1.65. The molecule has 0 aliphatic rings. The lowest BCUT2D eigenvalue weighted by Crippen LogP contribution is -2.27. The summed E-state index contributed by atoms with van der Waals surface area (Å²) in [6.45, 7) is 1.95. The molecule has 1 N–H and O–H groups in total. The zero-order valence-corrected chi connectivity index (χ0v) is 18.2. The Morgan fingerprint density at radius 3 is 2.57 bits per heavy atom. The quantitative estimate of drug-likeness (QED) is 0.537. The Kier molecular flexibility index (Phi) is 7.07. The molecule has 0 radical (unpaired) electrons. The molecule has 158 valence electrons. The molecule has 0 bridgehead atoms. The topological polar surface area (TPSA) is 74.6 Å². The summed E-state index contributed by atoms with van der Waals surface area (Å²) in [7, 11) is 3.16. The molecule has 0 saturated heterocycles. The number of rotatable bonds is 8. The van der Waals surface area contributed by atoms with Gasteiger partial charge in [0.2, 0.25) is 0 Å². The van der Waals surface area contributed by atoms with Gasteiger partial charge in [-0.25, -0.2) is 4.68 Å². The predicted octanol–water partition coefficient (Wildman–Crippen LogP) is 4.73. The standard InChI is InChI=1S/C21H21Cl2N3O4/c1-13(16-11-15(28-2)5-7-19(16)29-3)24-21(27)18-8-9-26(25-18)12-30-20-6-4-14(22)10-17(20)23/h4-11,13H,12H2,1-3H3,(H,24,27). The summed E-state index contributed by atoms with van der Waals surface area (Å²) in [5.41, 5.74) is 1.06. The third-order valence-electron chi connectivity index (χ3n) is 4.37. The molecule has 0 spiro atoms. The lowest BCUT2D eigenvalue weighted by Gasteiger charge is -2.17. The van der Waals surface area contributed by atoms with Gasteiger partial charge in [-0.1, -0.05) is 23.2 Å². The first-order chi connectivity index (χ1) is 14.4. The Labute approximate surface area is 184 Å². The van der Waals surface area contributed by atoms with Crippen molar-refractivity contribution < 1.29 is 19.0 Å². The average Bonchev–Trinajstić information content (AvgIpc) is 3.21. The van der Waals surface area contributed by atoms with Crippen LogP contribution in [0.2, 0.25) is 10.0 Å². The van der Waals surface area contributed by atoms with Gasteiger partial charge >= 0.3 is 0 Å². The molecule has 9 heteroatoms. The fourth-order valence-electron chi connectivity index (χ4n) is 2.81. The van der Waals surface area contributed by atoms with Crippen molar-refractivity contribution in [3.8, 4) is 17.2 Å². The molecule has 1 heterocycles. The third-order valence-corrected chi connectivity index (χ3v) is 4.90. The molecule has 0 fully saturated rings. The Morgan fingerprint density at radius 1 is 1.10 bits per heavy atom. The van der Waals surface area contributed by atoms with Crippen LogP contribution in [0.15, 0.2) is 48.7 Å². The minimum Gasteiger partial charge on any atom is -0.497 e. The summed E-state index contributed by atoms with van der Waals surface area (Å²) in [5.74, 6) is 1.48. The second-order valence-corrected chi connectivity index (χ2v) is 7.24. The fraction of sp³-hybridized carbons (Fsp3) is 0.238. The van der Waals surface area contributed by atoms with Crippen molar-refractivity contribution >= 4 is 29.1 Å². The number of ether oxygens (including phenoxy) is 3. The van der Waals surface area contributed by atoms with Crippen LogP contribution in [-0.4, -0.2) is 29.9 Å². The molecular formula is C21H21Cl2N3O4. The molecule has 1 aromatic heterocycles. The maximum atomic E-state index is 12.6. The van der Waals surface area contributed by atoms with Crippen LogP contribution < -0.4 is 19.5 Å². The van der Waals surface area contributed by atoms with Crippen LogP contribution in [0.1, 0.15) is 29.0 Å². The van der Waals surface area contributed by atoms with Gasteiger partial charge in [-0.15, -0.1) is 0 Å². The van der Waals surface area contributed by atoms with E-state index in [4.69, 9.17) is 37.4 Å². The number of benzene rings is 2. The van der Waals surface area contributed by atoms with Gasteiger partial charge in [0.05, 0.1) is 25.3 Å². The lowest BCUT2D eigenvalue weighted by molar-refractivity contribution is 0.0932. The van der Waals surface area contributed by atoms with E-state index in [-0.39, 0.29) is 24.4 Å². The maximum Gasteiger partial charge on any atom is 0.272 e. The molecule has 1 unspecified atom stereocenters. The van der Waals surface area contributed by atoms with E-state index in [1.54, 1.807) is 56.8 Å². The fourth-order valence-corrected chi connectivity index (χ4v) is 3.27. The van der Waals surface area contributed by atoms with E-state index in [1.807, 2.05) is 13.0 Å². The summed E-state index contributed by atoms with van der Waals surface area (Å²) in [6, 6.07) is 11.6. The minimum absolute atomic E-state index is 0.0912. The van der Waals surface area contributed by atoms with Crippen LogP contribution in [0, 0.1) is 0 Å². The zero-order valence-electron chi connectivity index (χ0n) is 16.7. The summed E-state index contributed by atoms with van der Waals surface area (Å²) in [4.78, 5) is 12.6. The van der Waals surface area contributed by atoms with E-state index >= 15 is 0 Å². The normalized spacial score (nSPS) is 11.6. The number of hydrogen-bond donors (Lipinski definition) is 1. The SMILES string of the molecule is COc1ccc(OC)c(C(C)NC(=O)c2ccn(COc3ccc(Cl)cc3Cl)n2)c1. The van der Waals surface area contributed by atoms with Crippen molar-refractivity contribution in [2.45, 2.75) is 19.7 Å².